The van der Waals surface area contributed by atoms with E-state index < -0.39 is 5.97 Å². The first-order chi connectivity index (χ1) is 9.60. The Hall–Kier alpha value is -1.79. The summed E-state index contributed by atoms with van der Waals surface area (Å²) in [6, 6.07) is 4.87. The van der Waals surface area contributed by atoms with E-state index >= 15 is 0 Å². The molecule has 0 aromatic heterocycles. The summed E-state index contributed by atoms with van der Waals surface area (Å²) in [4.78, 5) is 13.4. The van der Waals surface area contributed by atoms with Gasteiger partial charge in [0.15, 0.2) is 0 Å². The highest BCUT2D eigenvalue weighted by atomic mass is 16.5. The normalized spacial score (nSPS) is 19.6. The van der Waals surface area contributed by atoms with Crippen LogP contribution in [-0.2, 0) is 4.74 Å². The lowest BCUT2D eigenvalue weighted by Gasteiger charge is -2.30. The smallest absolute Gasteiger partial charge is 0.337 e. The van der Waals surface area contributed by atoms with Gasteiger partial charge in [-0.05, 0) is 19.2 Å². The van der Waals surface area contributed by atoms with Crippen molar-refractivity contribution in [3.8, 4) is 5.75 Å². The van der Waals surface area contributed by atoms with E-state index in [9.17, 15) is 9.90 Å². The van der Waals surface area contributed by atoms with Gasteiger partial charge in [0.2, 0.25) is 0 Å². The first kappa shape index (κ1) is 14.6. The topological polar surface area (TPSA) is 71.0 Å². The highest BCUT2D eigenvalue weighted by Crippen LogP contribution is 2.23. The average molecular weight is 280 g/mol. The molecule has 0 spiro atoms. The van der Waals surface area contributed by atoms with Crippen LogP contribution in [0.15, 0.2) is 18.2 Å². The van der Waals surface area contributed by atoms with Crippen molar-refractivity contribution in [3.05, 3.63) is 23.8 Å². The number of carbonyl (C=O) groups is 1. The lowest BCUT2D eigenvalue weighted by atomic mass is 10.1. The quantitative estimate of drug-likeness (QED) is 0.842. The lowest BCUT2D eigenvalue weighted by Crippen LogP contribution is -2.43. The van der Waals surface area contributed by atoms with E-state index in [-0.39, 0.29) is 11.7 Å². The molecule has 0 aliphatic carbocycles. The molecule has 0 bridgehead atoms. The van der Waals surface area contributed by atoms with Gasteiger partial charge in [0.1, 0.15) is 5.75 Å². The van der Waals surface area contributed by atoms with Crippen molar-refractivity contribution in [1.29, 1.82) is 0 Å². The molecule has 2 rings (SSSR count). The molecule has 1 saturated heterocycles. The monoisotopic (exact) mass is 280 g/mol. The van der Waals surface area contributed by atoms with Crippen molar-refractivity contribution in [2.75, 3.05) is 45.7 Å². The summed E-state index contributed by atoms with van der Waals surface area (Å²) < 4.78 is 10.8. The van der Waals surface area contributed by atoms with Gasteiger partial charge in [0, 0.05) is 25.7 Å². The third-order valence-electron chi connectivity index (χ3n) is 3.32. The number of anilines is 1. The summed E-state index contributed by atoms with van der Waals surface area (Å²) >= 11 is 0. The zero-order valence-corrected chi connectivity index (χ0v) is 11.8. The molecular weight excluding hydrogens is 260 g/mol. The van der Waals surface area contributed by atoms with Crippen molar-refractivity contribution in [2.24, 2.45) is 0 Å². The van der Waals surface area contributed by atoms with Crippen LogP contribution in [0.4, 0.5) is 5.69 Å². The van der Waals surface area contributed by atoms with E-state index in [2.05, 4.69) is 10.2 Å². The molecule has 0 radical (unpaired) electrons. The number of morpholine rings is 1. The highest BCUT2D eigenvalue weighted by Gasteiger charge is 2.18. The highest BCUT2D eigenvalue weighted by molar-refractivity contribution is 5.94. The molecule has 0 saturated carbocycles. The van der Waals surface area contributed by atoms with Gasteiger partial charge < -0.3 is 24.8 Å². The number of carboxylic acids is 1. The van der Waals surface area contributed by atoms with Gasteiger partial charge in [-0.15, -0.1) is 0 Å². The van der Waals surface area contributed by atoms with Gasteiger partial charge in [0.25, 0.3) is 0 Å². The number of hydrogen-bond donors (Lipinski definition) is 2. The molecule has 1 atom stereocenters. The van der Waals surface area contributed by atoms with Crippen molar-refractivity contribution in [3.63, 3.8) is 0 Å². The largest absolute Gasteiger partial charge is 0.497 e. The number of methoxy groups -OCH3 is 1. The van der Waals surface area contributed by atoms with Gasteiger partial charge >= 0.3 is 5.97 Å². The third kappa shape index (κ3) is 3.61. The molecule has 1 unspecified atom stereocenters. The standard InChI is InChI=1S/C14H20N2O4/c1-16-5-6-20-11(9-16)8-15-13-7-10(19-2)3-4-12(13)14(17)18/h3-4,7,11,15H,5-6,8-9H2,1-2H3,(H,17,18). The van der Waals surface area contributed by atoms with Crippen LogP contribution in [0.5, 0.6) is 5.75 Å². The van der Waals surface area contributed by atoms with Gasteiger partial charge in [-0.25, -0.2) is 4.79 Å². The fourth-order valence-corrected chi connectivity index (χ4v) is 2.20. The maximum Gasteiger partial charge on any atom is 0.337 e. The summed E-state index contributed by atoms with van der Waals surface area (Å²) in [5.74, 6) is -0.337. The predicted octanol–water partition coefficient (Wildman–Crippen LogP) is 1.14. The molecule has 6 nitrogen and oxygen atoms in total. The maximum atomic E-state index is 11.2. The van der Waals surface area contributed by atoms with E-state index in [1.807, 2.05) is 7.05 Å². The first-order valence-corrected chi connectivity index (χ1v) is 6.55. The molecule has 6 heteroatoms. The second-order valence-corrected chi connectivity index (χ2v) is 4.85. The number of hydrogen-bond acceptors (Lipinski definition) is 5. The zero-order valence-electron chi connectivity index (χ0n) is 11.8. The maximum absolute atomic E-state index is 11.2. The Morgan fingerprint density at radius 3 is 3.05 bits per heavy atom. The zero-order chi connectivity index (χ0) is 14.5. The van der Waals surface area contributed by atoms with Crippen LogP contribution in [0.25, 0.3) is 0 Å². The Balaban J connectivity index is 2.05. The van der Waals surface area contributed by atoms with E-state index in [1.54, 1.807) is 19.2 Å². The molecule has 0 amide bonds. The van der Waals surface area contributed by atoms with Crippen LogP contribution in [-0.4, -0.2) is 62.5 Å². The summed E-state index contributed by atoms with van der Waals surface area (Å²) in [6.07, 6.45) is 0.0570. The molecule has 1 fully saturated rings. The van der Waals surface area contributed by atoms with Gasteiger partial charge in [-0.2, -0.15) is 0 Å². The number of benzene rings is 1. The minimum absolute atomic E-state index is 0.0570. The molecule has 110 valence electrons. The Morgan fingerprint density at radius 1 is 1.60 bits per heavy atom. The molecule has 1 aromatic rings. The van der Waals surface area contributed by atoms with Crippen LogP contribution >= 0.6 is 0 Å². The molecule has 1 aromatic carbocycles. The molecule has 1 heterocycles. The van der Waals surface area contributed by atoms with Gasteiger partial charge in [-0.3, -0.25) is 0 Å². The molecule has 1 aliphatic heterocycles. The molecular formula is C14H20N2O4. The SMILES string of the molecule is COc1ccc(C(=O)O)c(NCC2CN(C)CCO2)c1. The predicted molar refractivity (Wildman–Crippen MR) is 75.7 cm³/mol. The number of aromatic carboxylic acids is 1. The third-order valence-corrected chi connectivity index (χ3v) is 3.32. The van der Waals surface area contributed by atoms with Crippen LogP contribution in [0.1, 0.15) is 10.4 Å². The number of ether oxygens (including phenoxy) is 2. The molecule has 2 N–H and O–H groups in total. The van der Waals surface area contributed by atoms with Crippen molar-refractivity contribution >= 4 is 11.7 Å². The Labute approximate surface area is 118 Å². The van der Waals surface area contributed by atoms with Crippen molar-refractivity contribution in [2.45, 2.75) is 6.10 Å². The van der Waals surface area contributed by atoms with Crippen LogP contribution in [0, 0.1) is 0 Å². The lowest BCUT2D eigenvalue weighted by molar-refractivity contribution is -0.0117. The van der Waals surface area contributed by atoms with E-state index in [0.29, 0.717) is 24.6 Å². The number of rotatable bonds is 5. The number of carboxylic acid groups (broad SMARTS) is 1. The second kappa shape index (κ2) is 6.58. The van der Waals surface area contributed by atoms with Crippen molar-refractivity contribution < 1.29 is 19.4 Å². The van der Waals surface area contributed by atoms with Gasteiger partial charge in [-0.1, -0.05) is 0 Å². The Bertz CT molecular complexity index is 478. The fraction of sp³-hybridized carbons (Fsp3) is 0.500. The number of nitrogens with zero attached hydrogens (tertiary/aromatic N) is 1. The van der Waals surface area contributed by atoms with E-state index in [4.69, 9.17) is 9.47 Å². The van der Waals surface area contributed by atoms with E-state index in [1.165, 1.54) is 6.07 Å². The van der Waals surface area contributed by atoms with Crippen LogP contribution in [0.2, 0.25) is 0 Å². The number of nitrogens with one attached hydrogen (secondary N) is 1. The van der Waals surface area contributed by atoms with E-state index in [0.717, 1.165) is 13.1 Å². The Kier molecular flexibility index (Phi) is 4.81. The molecule has 20 heavy (non-hydrogen) atoms. The summed E-state index contributed by atoms with van der Waals surface area (Å²) in [5, 5.41) is 12.3. The molecule has 1 aliphatic rings. The summed E-state index contributed by atoms with van der Waals surface area (Å²) in [5.41, 5.74) is 0.781. The minimum atomic E-state index is -0.961. The second-order valence-electron chi connectivity index (χ2n) is 4.85. The van der Waals surface area contributed by atoms with Crippen LogP contribution < -0.4 is 10.1 Å². The summed E-state index contributed by atoms with van der Waals surface area (Å²) in [7, 11) is 3.60. The minimum Gasteiger partial charge on any atom is -0.497 e. The Morgan fingerprint density at radius 2 is 2.40 bits per heavy atom. The van der Waals surface area contributed by atoms with Crippen molar-refractivity contribution in [1.82, 2.24) is 4.90 Å². The number of likely N-dealkylation sites (N-methyl/N-ethyl adjacent to an activating group) is 1. The average Bonchev–Trinajstić information content (AvgIpc) is 2.44. The summed E-state index contributed by atoms with van der Waals surface area (Å²) in [6.45, 7) is 3.03. The fourth-order valence-electron chi connectivity index (χ4n) is 2.20. The first-order valence-electron chi connectivity index (χ1n) is 6.55. The van der Waals surface area contributed by atoms with Crippen LogP contribution in [0.3, 0.4) is 0 Å². The van der Waals surface area contributed by atoms with Gasteiger partial charge in [0.05, 0.1) is 31.1 Å².